The van der Waals surface area contributed by atoms with Gasteiger partial charge < -0.3 is 15.2 Å². The van der Waals surface area contributed by atoms with Crippen LogP contribution < -0.4 is 10.1 Å². The van der Waals surface area contributed by atoms with Crippen LogP contribution in [0.3, 0.4) is 0 Å². The zero-order valence-electron chi connectivity index (χ0n) is 10.1. The van der Waals surface area contributed by atoms with Gasteiger partial charge in [-0.15, -0.1) is 0 Å². The molecule has 0 aliphatic carbocycles. The van der Waals surface area contributed by atoms with Gasteiger partial charge in [0.25, 0.3) is 0 Å². The average molecular weight is 249 g/mol. The first-order chi connectivity index (χ1) is 8.61. The van der Waals surface area contributed by atoms with E-state index in [1.54, 1.807) is 19.3 Å². The van der Waals surface area contributed by atoms with Gasteiger partial charge in [-0.25, -0.2) is 0 Å². The van der Waals surface area contributed by atoms with E-state index in [2.05, 4.69) is 5.32 Å². The van der Waals surface area contributed by atoms with E-state index in [0.717, 1.165) is 5.56 Å². The van der Waals surface area contributed by atoms with Gasteiger partial charge in [0.05, 0.1) is 13.5 Å². The predicted octanol–water partition coefficient (Wildman–Crippen LogP) is 1.30. The summed E-state index contributed by atoms with van der Waals surface area (Å²) in [7, 11) is 1.57. The van der Waals surface area contributed by atoms with E-state index in [0.29, 0.717) is 5.75 Å². The minimum Gasteiger partial charge on any atom is -0.497 e. The highest BCUT2D eigenvalue weighted by Gasteiger charge is 1.99. The molecule has 0 spiro atoms. The summed E-state index contributed by atoms with van der Waals surface area (Å²) < 4.78 is 5.05. The fourth-order valence-electron chi connectivity index (χ4n) is 1.27. The van der Waals surface area contributed by atoms with Gasteiger partial charge in [0.2, 0.25) is 5.91 Å². The van der Waals surface area contributed by atoms with Crippen LogP contribution in [0.15, 0.2) is 30.3 Å². The second-order valence-electron chi connectivity index (χ2n) is 3.54. The molecule has 0 aliphatic heterocycles. The number of hydrogen-bond donors (Lipinski definition) is 2. The number of rotatable bonds is 6. The van der Waals surface area contributed by atoms with Gasteiger partial charge >= 0.3 is 5.97 Å². The SMILES string of the molecule is COc1cccc(C=CC(=O)NCCC(=O)O)c1. The van der Waals surface area contributed by atoms with Crippen molar-refractivity contribution in [1.29, 1.82) is 0 Å². The van der Waals surface area contributed by atoms with Crippen molar-refractivity contribution in [3.8, 4) is 5.75 Å². The highest BCUT2D eigenvalue weighted by Crippen LogP contribution is 2.13. The lowest BCUT2D eigenvalue weighted by Gasteiger charge is -2.00. The van der Waals surface area contributed by atoms with E-state index in [9.17, 15) is 9.59 Å². The zero-order valence-corrected chi connectivity index (χ0v) is 10.1. The predicted molar refractivity (Wildman–Crippen MR) is 67.3 cm³/mol. The number of aliphatic carboxylic acids is 1. The lowest BCUT2D eigenvalue weighted by atomic mass is 10.2. The molecule has 0 saturated heterocycles. The fourth-order valence-corrected chi connectivity index (χ4v) is 1.27. The second-order valence-corrected chi connectivity index (χ2v) is 3.54. The topological polar surface area (TPSA) is 75.6 Å². The molecule has 1 rings (SSSR count). The number of carbonyl (C=O) groups excluding carboxylic acids is 1. The lowest BCUT2D eigenvalue weighted by molar-refractivity contribution is -0.136. The summed E-state index contributed by atoms with van der Waals surface area (Å²) in [5, 5.41) is 10.9. The number of amides is 1. The maximum Gasteiger partial charge on any atom is 0.305 e. The van der Waals surface area contributed by atoms with Gasteiger partial charge in [0.15, 0.2) is 0 Å². The molecule has 5 heteroatoms. The van der Waals surface area contributed by atoms with E-state index in [-0.39, 0.29) is 18.9 Å². The van der Waals surface area contributed by atoms with Crippen molar-refractivity contribution in [2.75, 3.05) is 13.7 Å². The van der Waals surface area contributed by atoms with Crippen molar-refractivity contribution in [3.63, 3.8) is 0 Å². The molecule has 0 saturated carbocycles. The minimum absolute atomic E-state index is 0.0846. The molecular formula is C13H15NO4. The van der Waals surface area contributed by atoms with Gasteiger partial charge in [0.1, 0.15) is 5.75 Å². The van der Waals surface area contributed by atoms with Crippen LogP contribution in [0, 0.1) is 0 Å². The van der Waals surface area contributed by atoms with Crippen molar-refractivity contribution >= 4 is 18.0 Å². The quantitative estimate of drug-likeness (QED) is 0.745. The molecule has 0 radical (unpaired) electrons. The highest BCUT2D eigenvalue weighted by molar-refractivity contribution is 5.91. The normalized spacial score (nSPS) is 10.3. The van der Waals surface area contributed by atoms with Gasteiger partial charge in [-0.1, -0.05) is 12.1 Å². The summed E-state index contributed by atoms with van der Waals surface area (Å²) in [6.07, 6.45) is 2.91. The molecule has 0 heterocycles. The van der Waals surface area contributed by atoms with Crippen LogP contribution in [0.4, 0.5) is 0 Å². The molecule has 1 aromatic rings. The van der Waals surface area contributed by atoms with E-state index in [4.69, 9.17) is 9.84 Å². The fraction of sp³-hybridized carbons (Fsp3) is 0.231. The Morgan fingerprint density at radius 2 is 2.22 bits per heavy atom. The van der Waals surface area contributed by atoms with Crippen molar-refractivity contribution in [2.24, 2.45) is 0 Å². The molecule has 0 unspecified atom stereocenters. The third-order valence-electron chi connectivity index (χ3n) is 2.16. The molecule has 0 fully saturated rings. The Hall–Kier alpha value is -2.30. The first-order valence-corrected chi connectivity index (χ1v) is 5.43. The molecule has 0 aromatic heterocycles. The Balaban J connectivity index is 2.47. The van der Waals surface area contributed by atoms with Crippen LogP contribution in [0.1, 0.15) is 12.0 Å². The zero-order chi connectivity index (χ0) is 13.4. The number of carboxylic acids is 1. The monoisotopic (exact) mass is 249 g/mol. The van der Waals surface area contributed by atoms with Crippen LogP contribution in [0.2, 0.25) is 0 Å². The maximum atomic E-state index is 11.3. The van der Waals surface area contributed by atoms with Crippen LogP contribution in [-0.4, -0.2) is 30.6 Å². The van der Waals surface area contributed by atoms with Gasteiger partial charge in [-0.05, 0) is 23.8 Å². The van der Waals surface area contributed by atoms with Crippen LogP contribution in [0.25, 0.3) is 6.08 Å². The standard InChI is InChI=1S/C13H15NO4/c1-18-11-4-2-3-10(9-11)5-6-12(15)14-8-7-13(16)17/h2-6,9H,7-8H2,1H3,(H,14,15)(H,16,17). The third kappa shape index (κ3) is 5.16. The Bertz CT molecular complexity index is 454. The number of ether oxygens (including phenoxy) is 1. The Kier molecular flexibility index (Phi) is 5.44. The van der Waals surface area contributed by atoms with E-state index in [1.807, 2.05) is 18.2 Å². The Labute approximate surface area is 105 Å². The summed E-state index contributed by atoms with van der Waals surface area (Å²) in [5.41, 5.74) is 0.836. The first-order valence-electron chi connectivity index (χ1n) is 5.43. The number of carboxylic acid groups (broad SMARTS) is 1. The molecule has 2 N–H and O–H groups in total. The highest BCUT2D eigenvalue weighted by atomic mass is 16.5. The molecule has 1 aromatic carbocycles. The molecular weight excluding hydrogens is 234 g/mol. The lowest BCUT2D eigenvalue weighted by Crippen LogP contribution is -2.23. The van der Waals surface area contributed by atoms with Crippen LogP contribution >= 0.6 is 0 Å². The van der Waals surface area contributed by atoms with Gasteiger partial charge in [-0.2, -0.15) is 0 Å². The van der Waals surface area contributed by atoms with E-state index < -0.39 is 5.97 Å². The summed E-state index contributed by atoms with van der Waals surface area (Å²) in [4.78, 5) is 21.6. The van der Waals surface area contributed by atoms with Crippen LogP contribution in [-0.2, 0) is 9.59 Å². The van der Waals surface area contributed by atoms with Gasteiger partial charge in [-0.3, -0.25) is 9.59 Å². The number of carbonyl (C=O) groups is 2. The summed E-state index contributed by atoms with van der Waals surface area (Å²) >= 11 is 0. The second kappa shape index (κ2) is 7.11. The Morgan fingerprint density at radius 1 is 1.44 bits per heavy atom. The Morgan fingerprint density at radius 3 is 2.89 bits per heavy atom. The minimum atomic E-state index is -0.938. The summed E-state index contributed by atoms with van der Waals surface area (Å²) in [6, 6.07) is 7.26. The number of methoxy groups -OCH3 is 1. The van der Waals surface area contributed by atoms with Gasteiger partial charge in [0, 0.05) is 12.6 Å². The maximum absolute atomic E-state index is 11.3. The van der Waals surface area contributed by atoms with Crippen molar-refractivity contribution < 1.29 is 19.4 Å². The van der Waals surface area contributed by atoms with Crippen molar-refractivity contribution in [3.05, 3.63) is 35.9 Å². The summed E-state index contributed by atoms with van der Waals surface area (Å²) in [6.45, 7) is 0.122. The number of nitrogens with one attached hydrogen (secondary N) is 1. The number of benzene rings is 1. The smallest absolute Gasteiger partial charge is 0.305 e. The molecule has 0 atom stereocenters. The van der Waals surface area contributed by atoms with Crippen LogP contribution in [0.5, 0.6) is 5.75 Å². The van der Waals surface area contributed by atoms with Crippen molar-refractivity contribution in [2.45, 2.75) is 6.42 Å². The summed E-state index contributed by atoms with van der Waals surface area (Å²) in [5.74, 6) is -0.547. The van der Waals surface area contributed by atoms with E-state index >= 15 is 0 Å². The van der Waals surface area contributed by atoms with E-state index in [1.165, 1.54) is 6.08 Å². The molecule has 96 valence electrons. The molecule has 18 heavy (non-hydrogen) atoms. The molecule has 0 aliphatic rings. The third-order valence-corrected chi connectivity index (χ3v) is 2.16. The molecule has 5 nitrogen and oxygen atoms in total. The largest absolute Gasteiger partial charge is 0.497 e. The number of hydrogen-bond acceptors (Lipinski definition) is 3. The van der Waals surface area contributed by atoms with Crippen molar-refractivity contribution in [1.82, 2.24) is 5.32 Å². The molecule has 1 amide bonds. The molecule has 0 bridgehead atoms. The first kappa shape index (κ1) is 13.8. The average Bonchev–Trinajstić information content (AvgIpc) is 2.36.